The Morgan fingerprint density at radius 2 is 1.96 bits per heavy atom. The standard InChI is InChI=1S/C19H26N4O2/c1-3-8-17(24)20-14(2)19-21-15-9-4-5-10-16(15)23(19)13-18(25)22-11-6-7-12-22/h4-5,9-10,14H,3,6-8,11-13H2,1-2H3,(H,20,24). The lowest BCUT2D eigenvalue weighted by Crippen LogP contribution is -2.33. The molecule has 1 aromatic carbocycles. The number of nitrogens with zero attached hydrogens (tertiary/aromatic N) is 3. The Kier molecular flexibility index (Phi) is 5.36. The molecule has 1 saturated heterocycles. The lowest BCUT2D eigenvalue weighted by atomic mass is 10.2. The summed E-state index contributed by atoms with van der Waals surface area (Å²) in [5.41, 5.74) is 1.78. The van der Waals surface area contributed by atoms with Gasteiger partial charge in [0, 0.05) is 19.5 Å². The van der Waals surface area contributed by atoms with Gasteiger partial charge in [-0.2, -0.15) is 0 Å². The molecule has 1 fully saturated rings. The number of likely N-dealkylation sites (tertiary alicyclic amines) is 1. The van der Waals surface area contributed by atoms with Gasteiger partial charge in [0.1, 0.15) is 12.4 Å². The van der Waals surface area contributed by atoms with Crippen LogP contribution in [0.4, 0.5) is 0 Å². The number of hydrogen-bond acceptors (Lipinski definition) is 3. The highest BCUT2D eigenvalue weighted by atomic mass is 16.2. The summed E-state index contributed by atoms with van der Waals surface area (Å²) >= 11 is 0. The number of carbonyl (C=O) groups excluding carboxylic acids is 2. The van der Waals surface area contributed by atoms with Crippen molar-refractivity contribution in [1.82, 2.24) is 19.8 Å². The maximum Gasteiger partial charge on any atom is 0.242 e. The summed E-state index contributed by atoms with van der Waals surface area (Å²) in [6, 6.07) is 7.56. The number of benzene rings is 1. The van der Waals surface area contributed by atoms with Gasteiger partial charge in [0.05, 0.1) is 17.1 Å². The molecule has 2 heterocycles. The summed E-state index contributed by atoms with van der Waals surface area (Å²) in [6.45, 7) is 5.84. The minimum atomic E-state index is -0.238. The van der Waals surface area contributed by atoms with Crippen LogP contribution in [0, 0.1) is 0 Å². The van der Waals surface area contributed by atoms with Crippen molar-refractivity contribution in [3.63, 3.8) is 0 Å². The predicted molar refractivity (Wildman–Crippen MR) is 97.0 cm³/mol. The van der Waals surface area contributed by atoms with Crippen molar-refractivity contribution in [1.29, 1.82) is 0 Å². The second kappa shape index (κ2) is 7.68. The molecule has 6 nitrogen and oxygen atoms in total. The zero-order valence-corrected chi connectivity index (χ0v) is 15.0. The van der Waals surface area contributed by atoms with E-state index in [0.717, 1.165) is 49.2 Å². The molecule has 2 aromatic rings. The largest absolute Gasteiger partial charge is 0.346 e. The number of para-hydroxylation sites is 2. The first-order chi connectivity index (χ1) is 12.1. The van der Waals surface area contributed by atoms with Gasteiger partial charge in [-0.15, -0.1) is 0 Å². The maximum atomic E-state index is 12.6. The van der Waals surface area contributed by atoms with Gasteiger partial charge in [-0.05, 0) is 38.3 Å². The first-order valence-corrected chi connectivity index (χ1v) is 9.12. The number of rotatable bonds is 6. The molecule has 1 aromatic heterocycles. The molecule has 2 amide bonds. The Morgan fingerprint density at radius 1 is 1.24 bits per heavy atom. The van der Waals surface area contributed by atoms with E-state index in [9.17, 15) is 9.59 Å². The zero-order valence-electron chi connectivity index (χ0n) is 15.0. The molecule has 25 heavy (non-hydrogen) atoms. The van der Waals surface area contributed by atoms with Crippen LogP contribution < -0.4 is 5.32 Å². The summed E-state index contributed by atoms with van der Waals surface area (Å²) < 4.78 is 1.95. The topological polar surface area (TPSA) is 67.2 Å². The number of hydrogen-bond donors (Lipinski definition) is 1. The molecule has 1 aliphatic rings. The van der Waals surface area contributed by atoms with E-state index in [1.807, 2.05) is 47.6 Å². The van der Waals surface area contributed by atoms with E-state index in [0.29, 0.717) is 6.42 Å². The molecule has 1 atom stereocenters. The number of carbonyl (C=O) groups is 2. The first kappa shape index (κ1) is 17.5. The SMILES string of the molecule is CCCC(=O)NC(C)c1nc2ccccc2n1CC(=O)N1CCCC1. The van der Waals surface area contributed by atoms with Crippen LogP contribution >= 0.6 is 0 Å². The van der Waals surface area contributed by atoms with E-state index in [1.165, 1.54) is 0 Å². The van der Waals surface area contributed by atoms with E-state index in [1.54, 1.807) is 0 Å². The number of nitrogens with one attached hydrogen (secondary N) is 1. The van der Waals surface area contributed by atoms with Crippen molar-refractivity contribution in [3.05, 3.63) is 30.1 Å². The van der Waals surface area contributed by atoms with Crippen molar-refractivity contribution in [2.24, 2.45) is 0 Å². The van der Waals surface area contributed by atoms with E-state index < -0.39 is 0 Å². The van der Waals surface area contributed by atoms with E-state index in [2.05, 4.69) is 10.3 Å². The van der Waals surface area contributed by atoms with Gasteiger partial charge in [0.2, 0.25) is 11.8 Å². The minimum absolute atomic E-state index is 0.0134. The molecule has 1 N–H and O–H groups in total. The Hall–Kier alpha value is -2.37. The van der Waals surface area contributed by atoms with Crippen LogP contribution in [-0.2, 0) is 16.1 Å². The van der Waals surface area contributed by atoms with Gasteiger partial charge in [-0.3, -0.25) is 9.59 Å². The number of fused-ring (bicyclic) bond motifs is 1. The minimum Gasteiger partial charge on any atom is -0.346 e. The lowest BCUT2D eigenvalue weighted by Gasteiger charge is -2.19. The second-order valence-electron chi connectivity index (χ2n) is 6.67. The quantitative estimate of drug-likeness (QED) is 0.877. The maximum absolute atomic E-state index is 12.6. The zero-order chi connectivity index (χ0) is 17.8. The Balaban J connectivity index is 1.88. The molecule has 1 unspecified atom stereocenters. The third kappa shape index (κ3) is 3.83. The Labute approximate surface area is 148 Å². The Bertz CT molecular complexity index is 762. The molecular weight excluding hydrogens is 316 g/mol. The molecule has 134 valence electrons. The van der Waals surface area contributed by atoms with Gasteiger partial charge >= 0.3 is 0 Å². The molecule has 0 radical (unpaired) electrons. The van der Waals surface area contributed by atoms with Crippen LogP contribution in [0.2, 0.25) is 0 Å². The normalized spacial score (nSPS) is 15.5. The van der Waals surface area contributed by atoms with Gasteiger partial charge < -0.3 is 14.8 Å². The van der Waals surface area contributed by atoms with E-state index in [4.69, 9.17) is 0 Å². The van der Waals surface area contributed by atoms with E-state index >= 15 is 0 Å². The van der Waals surface area contributed by atoms with E-state index in [-0.39, 0.29) is 24.4 Å². The smallest absolute Gasteiger partial charge is 0.242 e. The third-order valence-corrected chi connectivity index (χ3v) is 4.68. The predicted octanol–water partition coefficient (Wildman–Crippen LogP) is 2.64. The fourth-order valence-corrected chi connectivity index (χ4v) is 3.40. The number of imidazole rings is 1. The van der Waals surface area contributed by atoms with Gasteiger partial charge in [0.25, 0.3) is 0 Å². The average molecular weight is 342 g/mol. The van der Waals surface area contributed by atoms with Crippen molar-refractivity contribution in [3.8, 4) is 0 Å². The molecule has 0 bridgehead atoms. The highest BCUT2D eigenvalue weighted by molar-refractivity contribution is 5.82. The van der Waals surface area contributed by atoms with Crippen LogP contribution in [0.1, 0.15) is 51.4 Å². The van der Waals surface area contributed by atoms with Crippen molar-refractivity contribution < 1.29 is 9.59 Å². The lowest BCUT2D eigenvalue weighted by molar-refractivity contribution is -0.130. The molecule has 0 spiro atoms. The van der Waals surface area contributed by atoms with Gasteiger partial charge in [-0.1, -0.05) is 19.1 Å². The summed E-state index contributed by atoms with van der Waals surface area (Å²) in [5.74, 6) is 0.867. The molecule has 1 aliphatic heterocycles. The number of amides is 2. The fraction of sp³-hybridized carbons (Fsp3) is 0.526. The van der Waals surface area contributed by atoms with Crippen LogP contribution in [0.25, 0.3) is 11.0 Å². The molecule has 6 heteroatoms. The highest BCUT2D eigenvalue weighted by Gasteiger charge is 2.23. The molecule has 3 rings (SSSR count). The average Bonchev–Trinajstić information content (AvgIpc) is 3.23. The van der Waals surface area contributed by atoms with Crippen molar-refractivity contribution in [2.45, 2.75) is 52.1 Å². The van der Waals surface area contributed by atoms with Crippen LogP contribution in [0.5, 0.6) is 0 Å². The van der Waals surface area contributed by atoms with Crippen molar-refractivity contribution in [2.75, 3.05) is 13.1 Å². The molecule has 0 aliphatic carbocycles. The van der Waals surface area contributed by atoms with Crippen molar-refractivity contribution >= 4 is 22.8 Å². The summed E-state index contributed by atoms with van der Waals surface area (Å²) in [7, 11) is 0. The summed E-state index contributed by atoms with van der Waals surface area (Å²) in [4.78, 5) is 31.2. The van der Waals surface area contributed by atoms with Gasteiger partial charge in [-0.25, -0.2) is 4.98 Å². The first-order valence-electron chi connectivity index (χ1n) is 9.12. The van der Waals surface area contributed by atoms with Crippen LogP contribution in [0.15, 0.2) is 24.3 Å². The van der Waals surface area contributed by atoms with Crippen LogP contribution in [-0.4, -0.2) is 39.4 Å². The summed E-state index contributed by atoms with van der Waals surface area (Å²) in [6.07, 6.45) is 3.46. The monoisotopic (exact) mass is 342 g/mol. The highest BCUT2D eigenvalue weighted by Crippen LogP contribution is 2.22. The Morgan fingerprint density at radius 3 is 2.68 bits per heavy atom. The number of aromatic nitrogens is 2. The molecule has 0 saturated carbocycles. The molecular formula is C19H26N4O2. The van der Waals surface area contributed by atoms with Crippen LogP contribution in [0.3, 0.4) is 0 Å². The van der Waals surface area contributed by atoms with Gasteiger partial charge in [0.15, 0.2) is 0 Å². The second-order valence-corrected chi connectivity index (χ2v) is 6.67. The third-order valence-electron chi connectivity index (χ3n) is 4.68. The summed E-state index contributed by atoms with van der Waals surface area (Å²) in [5, 5.41) is 2.99. The fourth-order valence-electron chi connectivity index (χ4n) is 3.40.